The van der Waals surface area contributed by atoms with Crippen LogP contribution in [0.5, 0.6) is 0 Å². The summed E-state index contributed by atoms with van der Waals surface area (Å²) in [5, 5.41) is 54.5. The highest BCUT2D eigenvalue weighted by atomic mass is 16.7. The Hall–Kier alpha value is -1.86. The fourth-order valence-corrected chi connectivity index (χ4v) is 12.7. The Morgan fingerprint density at radius 3 is 1.08 bits per heavy atom. The molecule has 0 bridgehead atoms. The first-order valence-electron chi connectivity index (χ1n) is 39.1. The van der Waals surface area contributed by atoms with E-state index in [0.717, 1.165) is 51.4 Å². The van der Waals surface area contributed by atoms with Crippen LogP contribution >= 0.6 is 0 Å². The molecule has 0 aliphatic carbocycles. The Morgan fingerprint density at radius 2 is 0.719 bits per heavy atom. The van der Waals surface area contributed by atoms with E-state index in [2.05, 4.69) is 31.3 Å². The minimum Gasteiger partial charge on any atom is -0.466 e. The van der Waals surface area contributed by atoms with Crippen molar-refractivity contribution < 1.29 is 49.3 Å². The maximum atomic E-state index is 13.1. The number of rotatable bonds is 70. The van der Waals surface area contributed by atoms with Crippen LogP contribution in [-0.2, 0) is 23.8 Å². The number of esters is 1. The van der Waals surface area contributed by atoms with Crippen LogP contribution in [0.2, 0.25) is 0 Å². The Labute approximate surface area is 550 Å². The van der Waals surface area contributed by atoms with Gasteiger partial charge in [0.2, 0.25) is 5.91 Å². The minimum absolute atomic E-state index is 0.0167. The molecule has 0 aromatic rings. The van der Waals surface area contributed by atoms with Crippen LogP contribution in [0.1, 0.15) is 399 Å². The Balaban J connectivity index is 1.90. The monoisotopic (exact) mass is 1260 g/mol. The van der Waals surface area contributed by atoms with Crippen molar-refractivity contribution in [3.63, 3.8) is 0 Å². The van der Waals surface area contributed by atoms with Gasteiger partial charge in [0.15, 0.2) is 6.29 Å². The normalized spacial score (nSPS) is 17.8. The second-order valence-electron chi connectivity index (χ2n) is 27.4. The lowest BCUT2D eigenvalue weighted by Crippen LogP contribution is -2.60. The molecule has 1 fully saturated rings. The lowest BCUT2D eigenvalue weighted by atomic mass is 9.99. The molecule has 1 heterocycles. The summed E-state index contributed by atoms with van der Waals surface area (Å²) in [6, 6.07) is -0.806. The predicted molar refractivity (Wildman–Crippen MR) is 375 cm³/mol. The summed E-state index contributed by atoms with van der Waals surface area (Å²) in [5.74, 6) is -0.159. The van der Waals surface area contributed by atoms with Crippen LogP contribution in [0, 0.1) is 0 Å². The highest BCUT2D eigenvalue weighted by molar-refractivity contribution is 5.76. The average molecular weight is 1260 g/mol. The molecule has 7 atom stereocenters. The van der Waals surface area contributed by atoms with Gasteiger partial charge >= 0.3 is 5.97 Å². The third kappa shape index (κ3) is 56.2. The zero-order chi connectivity index (χ0) is 64.4. The Bertz CT molecular complexity index is 1530. The smallest absolute Gasteiger partial charge is 0.305 e. The quantitative estimate of drug-likeness (QED) is 0.0195. The van der Waals surface area contributed by atoms with Crippen molar-refractivity contribution in [1.82, 2.24) is 5.32 Å². The van der Waals surface area contributed by atoms with Crippen molar-refractivity contribution >= 4 is 11.9 Å². The van der Waals surface area contributed by atoms with Gasteiger partial charge in [-0.2, -0.15) is 0 Å². The predicted octanol–water partition coefficient (Wildman–Crippen LogP) is 20.8. The number of hydrogen-bond donors (Lipinski definition) is 6. The molecule has 0 spiro atoms. The molecule has 0 aromatic heterocycles. The number of aliphatic hydroxyl groups is 5. The van der Waals surface area contributed by atoms with E-state index in [1.54, 1.807) is 6.08 Å². The van der Waals surface area contributed by atoms with Crippen LogP contribution in [0.15, 0.2) is 24.3 Å². The molecule has 0 saturated carbocycles. The van der Waals surface area contributed by atoms with Gasteiger partial charge in [-0.15, -0.1) is 0 Å². The molecule has 0 aromatic carbocycles. The zero-order valence-corrected chi connectivity index (χ0v) is 58.7. The van der Waals surface area contributed by atoms with Crippen LogP contribution in [0.3, 0.4) is 0 Å². The van der Waals surface area contributed by atoms with Crippen LogP contribution < -0.4 is 5.32 Å². The summed E-state index contributed by atoms with van der Waals surface area (Å²) in [5.41, 5.74) is 0. The van der Waals surface area contributed by atoms with Gasteiger partial charge in [0, 0.05) is 12.8 Å². The number of ether oxygens (including phenoxy) is 3. The molecule has 526 valence electrons. The maximum Gasteiger partial charge on any atom is 0.305 e. The number of hydrogen-bond acceptors (Lipinski definition) is 10. The molecule has 0 radical (unpaired) electrons. The van der Waals surface area contributed by atoms with Gasteiger partial charge in [-0.25, -0.2) is 0 Å². The first-order valence-corrected chi connectivity index (χ1v) is 39.1. The zero-order valence-electron chi connectivity index (χ0n) is 58.7. The molecule has 1 aliphatic heterocycles. The highest BCUT2D eigenvalue weighted by Gasteiger charge is 2.44. The van der Waals surface area contributed by atoms with Gasteiger partial charge < -0.3 is 45.1 Å². The minimum atomic E-state index is -1.57. The van der Waals surface area contributed by atoms with E-state index < -0.39 is 49.5 Å². The standard InChI is InChI=1S/C78H149NO10/c1-3-5-7-9-11-13-15-44-48-52-56-60-64-71(81)70(69-88-78-77(86)76(85)75(84)72(68-80)89-78)79-73(82)65-61-57-53-49-45-42-40-38-36-34-32-30-28-26-24-22-20-18-17-19-21-23-25-27-29-31-33-35-37-39-41-43-47-51-55-59-63-67-87-74(83)66-62-58-54-50-46-16-14-12-10-8-6-4-2/h17,19,60,64,70-72,75-78,80-81,84-86H,3-16,18,20-59,61-63,65-69H2,1-2H3,(H,79,82)/b19-17-,64-60+. The van der Waals surface area contributed by atoms with Gasteiger partial charge in [-0.05, 0) is 57.8 Å². The summed E-state index contributed by atoms with van der Waals surface area (Å²) in [6.45, 7) is 4.39. The summed E-state index contributed by atoms with van der Waals surface area (Å²) >= 11 is 0. The van der Waals surface area contributed by atoms with Gasteiger partial charge in [-0.3, -0.25) is 9.59 Å². The lowest BCUT2D eigenvalue weighted by molar-refractivity contribution is -0.302. The van der Waals surface area contributed by atoms with Gasteiger partial charge in [-0.1, -0.05) is 353 Å². The van der Waals surface area contributed by atoms with Gasteiger partial charge in [0.05, 0.1) is 32.0 Å². The molecule has 11 heteroatoms. The lowest BCUT2D eigenvalue weighted by Gasteiger charge is -2.40. The molecule has 1 aliphatic rings. The number of carbonyl (C=O) groups excluding carboxylic acids is 2. The van der Waals surface area contributed by atoms with Crippen molar-refractivity contribution in [1.29, 1.82) is 0 Å². The molecule has 1 amide bonds. The Morgan fingerprint density at radius 1 is 0.404 bits per heavy atom. The molecule has 89 heavy (non-hydrogen) atoms. The van der Waals surface area contributed by atoms with Gasteiger partial charge in [0.25, 0.3) is 0 Å². The van der Waals surface area contributed by atoms with E-state index in [4.69, 9.17) is 14.2 Å². The molecule has 1 rings (SSSR count). The SMILES string of the molecule is CCCCCCCCCCCC/C=C/C(O)C(COC1OC(CO)C(O)C(O)C1O)NC(=O)CCCCCCCCCCCCCCCCCCC/C=C\CCCCCCCCCCCCCCCCCCOC(=O)CCCCCCCCCCCCCC. The van der Waals surface area contributed by atoms with E-state index in [1.165, 1.54) is 321 Å². The molecule has 11 nitrogen and oxygen atoms in total. The number of aliphatic hydroxyl groups excluding tert-OH is 5. The fourth-order valence-electron chi connectivity index (χ4n) is 12.7. The highest BCUT2D eigenvalue weighted by Crippen LogP contribution is 2.24. The molecular weight excluding hydrogens is 1110 g/mol. The maximum absolute atomic E-state index is 13.1. The first kappa shape index (κ1) is 85.2. The Kier molecular flexibility index (Phi) is 64.6. The van der Waals surface area contributed by atoms with Crippen LogP contribution in [0.4, 0.5) is 0 Å². The van der Waals surface area contributed by atoms with E-state index in [0.29, 0.717) is 19.4 Å². The molecule has 7 unspecified atom stereocenters. The molecular formula is C78H149NO10. The summed E-state index contributed by atoms with van der Waals surface area (Å²) in [7, 11) is 0. The van der Waals surface area contributed by atoms with Crippen molar-refractivity contribution in [2.45, 2.75) is 442 Å². The van der Waals surface area contributed by atoms with E-state index in [1.807, 2.05) is 6.08 Å². The summed E-state index contributed by atoms with van der Waals surface area (Å²) in [6.07, 6.45) is 76.4. The topological polar surface area (TPSA) is 175 Å². The van der Waals surface area contributed by atoms with Crippen LogP contribution in [0.25, 0.3) is 0 Å². The van der Waals surface area contributed by atoms with E-state index in [-0.39, 0.29) is 18.5 Å². The van der Waals surface area contributed by atoms with Crippen molar-refractivity contribution in [3.05, 3.63) is 24.3 Å². The fraction of sp³-hybridized carbons (Fsp3) is 0.923. The number of nitrogens with one attached hydrogen (secondary N) is 1. The molecule has 1 saturated heterocycles. The van der Waals surface area contributed by atoms with Crippen LogP contribution in [-0.4, -0.2) is 100 Å². The van der Waals surface area contributed by atoms with Crippen molar-refractivity contribution in [2.75, 3.05) is 19.8 Å². The van der Waals surface area contributed by atoms with E-state index in [9.17, 15) is 35.1 Å². The summed E-state index contributed by atoms with van der Waals surface area (Å²) in [4.78, 5) is 25.1. The third-order valence-corrected chi connectivity index (χ3v) is 18.8. The largest absolute Gasteiger partial charge is 0.466 e. The number of unbranched alkanes of at least 4 members (excludes halogenated alkanes) is 54. The second-order valence-corrected chi connectivity index (χ2v) is 27.4. The van der Waals surface area contributed by atoms with E-state index >= 15 is 0 Å². The van der Waals surface area contributed by atoms with Crippen molar-refractivity contribution in [2.24, 2.45) is 0 Å². The van der Waals surface area contributed by atoms with Crippen molar-refractivity contribution in [3.8, 4) is 0 Å². The molecule has 6 N–H and O–H groups in total. The first-order chi connectivity index (χ1) is 43.7. The number of carbonyl (C=O) groups is 2. The number of allylic oxidation sites excluding steroid dienone is 3. The van der Waals surface area contributed by atoms with Gasteiger partial charge in [0.1, 0.15) is 24.4 Å². The summed E-state index contributed by atoms with van der Waals surface area (Å²) < 4.78 is 16.8. The second kappa shape index (κ2) is 67.6. The number of amides is 1. The third-order valence-electron chi connectivity index (χ3n) is 18.8. The average Bonchev–Trinajstić information content (AvgIpc) is 2.35.